The lowest BCUT2D eigenvalue weighted by Crippen LogP contribution is -2.48. The monoisotopic (exact) mass is 347 g/mol. The van der Waals surface area contributed by atoms with Gasteiger partial charge in [0.05, 0.1) is 30.0 Å². The third-order valence-corrected chi connectivity index (χ3v) is 4.34. The zero-order valence-electron chi connectivity index (χ0n) is 13.5. The first-order valence-corrected chi connectivity index (χ1v) is 8.11. The SMILES string of the molecule is Cc1cc(=O)c(C(=O)N2CCOCC2C)nn1-c1ccccc1Cl. The summed E-state index contributed by atoms with van der Waals surface area (Å²) in [7, 11) is 0. The summed E-state index contributed by atoms with van der Waals surface area (Å²) in [6.07, 6.45) is 0. The molecule has 0 radical (unpaired) electrons. The Hall–Kier alpha value is -2.18. The molecule has 2 aromatic rings. The second-order valence-electron chi connectivity index (χ2n) is 5.78. The van der Waals surface area contributed by atoms with Gasteiger partial charge in [-0.25, -0.2) is 4.68 Å². The van der Waals surface area contributed by atoms with E-state index in [1.807, 2.05) is 19.1 Å². The Morgan fingerprint density at radius 1 is 1.38 bits per heavy atom. The van der Waals surface area contributed by atoms with Crippen molar-refractivity contribution in [2.75, 3.05) is 19.8 Å². The lowest BCUT2D eigenvalue weighted by molar-refractivity contribution is 0.00309. The second kappa shape index (κ2) is 6.75. The van der Waals surface area contributed by atoms with Crippen LogP contribution in [-0.4, -0.2) is 46.4 Å². The minimum absolute atomic E-state index is 0.0949. The van der Waals surface area contributed by atoms with E-state index >= 15 is 0 Å². The van der Waals surface area contributed by atoms with Gasteiger partial charge in [0.25, 0.3) is 5.91 Å². The summed E-state index contributed by atoms with van der Waals surface area (Å²) < 4.78 is 6.87. The van der Waals surface area contributed by atoms with Gasteiger partial charge >= 0.3 is 0 Å². The fourth-order valence-electron chi connectivity index (χ4n) is 2.73. The molecule has 0 spiro atoms. The van der Waals surface area contributed by atoms with E-state index in [1.165, 1.54) is 10.7 Å². The number of carbonyl (C=O) groups excluding carboxylic acids is 1. The van der Waals surface area contributed by atoms with E-state index < -0.39 is 0 Å². The van der Waals surface area contributed by atoms with Crippen LogP contribution >= 0.6 is 11.6 Å². The quantitative estimate of drug-likeness (QED) is 0.834. The van der Waals surface area contributed by atoms with E-state index in [1.54, 1.807) is 24.0 Å². The number of nitrogens with zero attached hydrogens (tertiary/aromatic N) is 3. The van der Waals surface area contributed by atoms with E-state index in [4.69, 9.17) is 16.3 Å². The van der Waals surface area contributed by atoms with Crippen molar-refractivity contribution in [1.82, 2.24) is 14.7 Å². The zero-order valence-corrected chi connectivity index (χ0v) is 14.3. The minimum Gasteiger partial charge on any atom is -0.377 e. The highest BCUT2D eigenvalue weighted by molar-refractivity contribution is 6.32. The van der Waals surface area contributed by atoms with Crippen LogP contribution in [-0.2, 0) is 4.74 Å². The lowest BCUT2D eigenvalue weighted by Gasteiger charge is -2.32. The molecule has 1 atom stereocenters. The summed E-state index contributed by atoms with van der Waals surface area (Å²) in [5.74, 6) is -0.378. The summed E-state index contributed by atoms with van der Waals surface area (Å²) in [6, 6.07) is 8.48. The molecule has 6 nitrogen and oxygen atoms in total. The highest BCUT2D eigenvalue weighted by atomic mass is 35.5. The maximum atomic E-state index is 12.8. The van der Waals surface area contributed by atoms with E-state index in [0.717, 1.165) is 0 Å². The zero-order chi connectivity index (χ0) is 17.3. The van der Waals surface area contributed by atoms with Crippen LogP contribution in [0.5, 0.6) is 0 Å². The van der Waals surface area contributed by atoms with Gasteiger partial charge in [0.2, 0.25) is 5.43 Å². The Morgan fingerprint density at radius 2 is 2.12 bits per heavy atom. The average Bonchev–Trinajstić information content (AvgIpc) is 2.56. The van der Waals surface area contributed by atoms with Crippen LogP contribution in [0.1, 0.15) is 23.1 Å². The molecule has 0 saturated carbocycles. The van der Waals surface area contributed by atoms with Crippen LogP contribution in [0.2, 0.25) is 5.02 Å². The molecule has 24 heavy (non-hydrogen) atoms. The standard InChI is InChI=1S/C17H18ClN3O3/c1-11-9-15(22)16(17(23)20-7-8-24-10-12(20)2)19-21(11)14-6-4-3-5-13(14)18/h3-6,9,12H,7-8,10H2,1-2H3. The number of amides is 1. The number of aryl methyl sites for hydroxylation is 1. The Balaban J connectivity index is 2.06. The fraction of sp³-hybridized carbons (Fsp3) is 0.353. The fourth-order valence-corrected chi connectivity index (χ4v) is 2.94. The molecule has 0 N–H and O–H groups in total. The molecule has 1 saturated heterocycles. The smallest absolute Gasteiger partial charge is 0.278 e. The molecule has 7 heteroatoms. The average molecular weight is 348 g/mol. The molecule has 1 aliphatic heterocycles. The molecule has 126 valence electrons. The molecule has 1 aliphatic rings. The summed E-state index contributed by atoms with van der Waals surface area (Å²) in [6.45, 7) is 5.00. The maximum Gasteiger partial charge on any atom is 0.278 e. The van der Waals surface area contributed by atoms with Crippen molar-refractivity contribution in [3.63, 3.8) is 0 Å². The van der Waals surface area contributed by atoms with Gasteiger partial charge in [-0.15, -0.1) is 0 Å². The molecule has 1 fully saturated rings. The third kappa shape index (κ3) is 3.07. The Kier molecular flexibility index (Phi) is 4.69. The Morgan fingerprint density at radius 3 is 2.83 bits per heavy atom. The van der Waals surface area contributed by atoms with Crippen molar-refractivity contribution in [2.24, 2.45) is 0 Å². The normalized spacial score (nSPS) is 17.8. The predicted molar refractivity (Wildman–Crippen MR) is 90.9 cm³/mol. The third-order valence-electron chi connectivity index (χ3n) is 4.02. The van der Waals surface area contributed by atoms with Gasteiger partial charge in [-0.2, -0.15) is 5.10 Å². The van der Waals surface area contributed by atoms with E-state index in [9.17, 15) is 9.59 Å². The molecule has 0 aliphatic carbocycles. The van der Waals surface area contributed by atoms with Crippen LogP contribution in [0, 0.1) is 6.92 Å². The summed E-state index contributed by atoms with van der Waals surface area (Å²) in [5.41, 5.74) is 0.745. The number of benzene rings is 1. The van der Waals surface area contributed by atoms with Gasteiger partial charge in [0, 0.05) is 18.3 Å². The number of carbonyl (C=O) groups is 1. The summed E-state index contributed by atoms with van der Waals surface area (Å²) >= 11 is 6.22. The highest BCUT2D eigenvalue weighted by Crippen LogP contribution is 2.20. The van der Waals surface area contributed by atoms with Gasteiger partial charge in [-0.05, 0) is 26.0 Å². The number of hydrogen-bond acceptors (Lipinski definition) is 4. The molecule has 0 bridgehead atoms. The molecular formula is C17H18ClN3O3. The molecule has 1 aromatic carbocycles. The van der Waals surface area contributed by atoms with Gasteiger partial charge in [-0.3, -0.25) is 9.59 Å². The van der Waals surface area contributed by atoms with Crippen molar-refractivity contribution in [1.29, 1.82) is 0 Å². The van der Waals surface area contributed by atoms with E-state index in [2.05, 4.69) is 5.10 Å². The largest absolute Gasteiger partial charge is 0.377 e. The number of morpholine rings is 1. The van der Waals surface area contributed by atoms with Crippen LogP contribution in [0.4, 0.5) is 0 Å². The lowest BCUT2D eigenvalue weighted by atomic mass is 10.2. The van der Waals surface area contributed by atoms with Crippen LogP contribution in [0.25, 0.3) is 5.69 Å². The second-order valence-corrected chi connectivity index (χ2v) is 6.19. The Bertz CT molecular complexity index is 834. The molecular weight excluding hydrogens is 330 g/mol. The van der Waals surface area contributed by atoms with Crippen molar-refractivity contribution in [3.8, 4) is 5.69 Å². The highest BCUT2D eigenvalue weighted by Gasteiger charge is 2.28. The topological polar surface area (TPSA) is 64.4 Å². The van der Waals surface area contributed by atoms with Crippen LogP contribution in [0.3, 0.4) is 0 Å². The maximum absolute atomic E-state index is 12.8. The van der Waals surface area contributed by atoms with Gasteiger partial charge < -0.3 is 9.64 Å². The minimum atomic E-state index is -0.389. The van der Waals surface area contributed by atoms with E-state index in [-0.39, 0.29) is 23.1 Å². The molecule has 1 amide bonds. The first kappa shape index (κ1) is 16.7. The van der Waals surface area contributed by atoms with Crippen LogP contribution < -0.4 is 5.43 Å². The molecule has 1 aromatic heterocycles. The van der Waals surface area contributed by atoms with Gasteiger partial charge in [0.15, 0.2) is 5.69 Å². The number of para-hydroxylation sites is 1. The van der Waals surface area contributed by atoms with Crippen LogP contribution in [0.15, 0.2) is 35.1 Å². The number of halogens is 1. The summed E-state index contributed by atoms with van der Waals surface area (Å²) in [5, 5.41) is 4.80. The van der Waals surface area contributed by atoms with Gasteiger partial charge in [-0.1, -0.05) is 23.7 Å². The van der Waals surface area contributed by atoms with Crippen molar-refractivity contribution in [2.45, 2.75) is 19.9 Å². The first-order valence-electron chi connectivity index (χ1n) is 7.73. The number of hydrogen-bond donors (Lipinski definition) is 0. The number of ether oxygens (including phenoxy) is 1. The van der Waals surface area contributed by atoms with Crippen molar-refractivity contribution in [3.05, 3.63) is 57.0 Å². The van der Waals surface area contributed by atoms with E-state index in [0.29, 0.717) is 36.2 Å². The first-order chi connectivity index (χ1) is 11.5. The molecule has 2 heterocycles. The van der Waals surface area contributed by atoms with Crippen molar-refractivity contribution >= 4 is 17.5 Å². The molecule has 1 unspecified atom stereocenters. The Labute approximate surface area is 144 Å². The van der Waals surface area contributed by atoms with Crippen molar-refractivity contribution < 1.29 is 9.53 Å². The number of rotatable bonds is 2. The molecule has 3 rings (SSSR count). The number of aromatic nitrogens is 2. The predicted octanol–water partition coefficient (Wildman–Crippen LogP) is 2.06. The van der Waals surface area contributed by atoms with Gasteiger partial charge in [0.1, 0.15) is 0 Å². The summed E-state index contributed by atoms with van der Waals surface area (Å²) in [4.78, 5) is 26.7.